The molecule has 0 radical (unpaired) electrons. The largest absolute Gasteiger partial charge is 0.349 e. The van der Waals surface area contributed by atoms with E-state index in [1.54, 1.807) is 24.6 Å². The van der Waals surface area contributed by atoms with E-state index in [-0.39, 0.29) is 18.4 Å². The normalized spacial score (nSPS) is 12.6. The molecule has 1 aromatic heterocycles. The molecular formula is C23H26N2O3S2. The van der Waals surface area contributed by atoms with E-state index in [1.165, 1.54) is 15.6 Å². The van der Waals surface area contributed by atoms with Crippen molar-refractivity contribution >= 4 is 27.3 Å². The van der Waals surface area contributed by atoms with E-state index in [1.807, 2.05) is 60.7 Å². The summed E-state index contributed by atoms with van der Waals surface area (Å²) < 4.78 is 26.6. The number of thiophene rings is 1. The highest BCUT2D eigenvalue weighted by Gasteiger charge is 2.22. The molecule has 1 N–H and O–H groups in total. The second-order valence-electron chi connectivity index (χ2n) is 7.08. The molecule has 1 atom stereocenters. The minimum Gasteiger partial charge on any atom is -0.349 e. The van der Waals surface area contributed by atoms with Crippen molar-refractivity contribution in [2.75, 3.05) is 13.6 Å². The highest BCUT2D eigenvalue weighted by molar-refractivity contribution is 7.91. The van der Waals surface area contributed by atoms with Crippen LogP contribution in [0.5, 0.6) is 0 Å². The van der Waals surface area contributed by atoms with Crippen LogP contribution in [-0.4, -0.2) is 32.2 Å². The first-order valence-electron chi connectivity index (χ1n) is 9.85. The van der Waals surface area contributed by atoms with Gasteiger partial charge in [0.15, 0.2) is 0 Å². The monoisotopic (exact) mass is 442 g/mol. The maximum Gasteiger partial charge on any atom is 0.252 e. The van der Waals surface area contributed by atoms with Crippen LogP contribution in [0.2, 0.25) is 0 Å². The molecule has 0 fully saturated rings. The predicted octanol–water partition coefficient (Wildman–Crippen LogP) is 4.25. The van der Waals surface area contributed by atoms with E-state index >= 15 is 0 Å². The van der Waals surface area contributed by atoms with Crippen molar-refractivity contribution in [2.45, 2.75) is 29.5 Å². The highest BCUT2D eigenvalue weighted by Crippen LogP contribution is 2.21. The zero-order chi connectivity index (χ0) is 21.4. The Morgan fingerprint density at radius 3 is 2.30 bits per heavy atom. The second-order valence-corrected chi connectivity index (χ2v) is 10.3. The number of benzene rings is 2. The third-order valence-electron chi connectivity index (χ3n) is 4.86. The van der Waals surface area contributed by atoms with Crippen LogP contribution in [0.1, 0.15) is 30.0 Å². The van der Waals surface area contributed by atoms with Crippen LogP contribution in [0.3, 0.4) is 0 Å². The van der Waals surface area contributed by atoms with Gasteiger partial charge >= 0.3 is 0 Å². The molecule has 0 aliphatic rings. The average Bonchev–Trinajstić information content (AvgIpc) is 3.30. The van der Waals surface area contributed by atoms with Gasteiger partial charge in [-0.1, -0.05) is 66.7 Å². The third kappa shape index (κ3) is 6.01. The molecule has 0 aliphatic carbocycles. The number of hydrogen-bond acceptors (Lipinski definition) is 4. The summed E-state index contributed by atoms with van der Waals surface area (Å²) in [6.45, 7) is 0.294. The van der Waals surface area contributed by atoms with Gasteiger partial charge in [-0.15, -0.1) is 11.3 Å². The van der Waals surface area contributed by atoms with E-state index in [2.05, 4.69) is 5.32 Å². The van der Waals surface area contributed by atoms with Gasteiger partial charge in [0.25, 0.3) is 10.0 Å². The lowest BCUT2D eigenvalue weighted by molar-refractivity contribution is -0.122. The highest BCUT2D eigenvalue weighted by atomic mass is 32.2. The number of rotatable bonds is 10. The summed E-state index contributed by atoms with van der Waals surface area (Å²) in [6, 6.07) is 23.1. The van der Waals surface area contributed by atoms with Crippen molar-refractivity contribution in [3.63, 3.8) is 0 Å². The Bertz CT molecular complexity index is 1020. The number of carbonyl (C=O) groups excluding carboxylic acids is 1. The maximum atomic E-state index is 12.6. The molecule has 3 rings (SSSR count). The van der Waals surface area contributed by atoms with E-state index in [0.29, 0.717) is 23.6 Å². The van der Waals surface area contributed by atoms with Crippen LogP contribution in [0.4, 0.5) is 0 Å². The first-order valence-corrected chi connectivity index (χ1v) is 12.2. The number of nitrogens with one attached hydrogen (secondary N) is 1. The molecule has 1 heterocycles. The van der Waals surface area contributed by atoms with Crippen molar-refractivity contribution in [1.82, 2.24) is 9.62 Å². The SMILES string of the molecule is CN(CCCC(=O)NC(Cc1ccccc1)c1ccccc1)S(=O)(=O)c1cccs1. The minimum atomic E-state index is -3.48. The summed E-state index contributed by atoms with van der Waals surface area (Å²) in [5.74, 6) is -0.0818. The van der Waals surface area contributed by atoms with Crippen LogP contribution in [0.25, 0.3) is 0 Å². The average molecular weight is 443 g/mol. The first-order chi connectivity index (χ1) is 14.5. The van der Waals surface area contributed by atoms with Crippen molar-refractivity contribution in [2.24, 2.45) is 0 Å². The minimum absolute atomic E-state index is 0.0818. The van der Waals surface area contributed by atoms with Gasteiger partial charge in [-0.2, -0.15) is 0 Å². The summed E-state index contributed by atoms with van der Waals surface area (Å²) in [5, 5.41) is 4.86. The van der Waals surface area contributed by atoms with Gasteiger partial charge in [-0.3, -0.25) is 4.79 Å². The fourth-order valence-electron chi connectivity index (χ4n) is 3.20. The molecule has 3 aromatic rings. The fourth-order valence-corrected chi connectivity index (χ4v) is 5.61. The van der Waals surface area contributed by atoms with Crippen molar-refractivity contribution in [3.05, 3.63) is 89.3 Å². The summed E-state index contributed by atoms with van der Waals surface area (Å²) in [4.78, 5) is 12.6. The van der Waals surface area contributed by atoms with E-state index in [9.17, 15) is 13.2 Å². The third-order valence-corrected chi connectivity index (χ3v) is 8.09. The van der Waals surface area contributed by atoms with Gasteiger partial charge in [0.05, 0.1) is 6.04 Å². The fraction of sp³-hybridized carbons (Fsp3) is 0.261. The Morgan fingerprint density at radius 2 is 1.67 bits per heavy atom. The summed E-state index contributed by atoms with van der Waals surface area (Å²) in [6.07, 6.45) is 1.42. The number of nitrogens with zero attached hydrogens (tertiary/aromatic N) is 1. The number of sulfonamides is 1. The van der Waals surface area contributed by atoms with Gasteiger partial charge in [-0.05, 0) is 35.4 Å². The number of amides is 1. The molecule has 0 saturated heterocycles. The Kier molecular flexibility index (Phi) is 7.79. The molecule has 1 amide bonds. The second kappa shape index (κ2) is 10.5. The smallest absolute Gasteiger partial charge is 0.252 e. The lowest BCUT2D eigenvalue weighted by Gasteiger charge is -2.20. The van der Waals surface area contributed by atoms with Crippen LogP contribution in [-0.2, 0) is 21.2 Å². The molecule has 7 heteroatoms. The van der Waals surface area contributed by atoms with Gasteiger partial charge < -0.3 is 5.32 Å². The zero-order valence-corrected chi connectivity index (χ0v) is 18.5. The summed E-state index contributed by atoms with van der Waals surface area (Å²) in [7, 11) is -1.93. The lowest BCUT2D eigenvalue weighted by atomic mass is 9.98. The standard InChI is InChI=1S/C23H26N2O3S2/c1-25(30(27,28)23-15-9-17-29-23)16-8-14-22(26)24-21(20-12-6-3-7-13-20)18-19-10-4-2-5-11-19/h2-7,9-13,15,17,21H,8,14,16,18H2,1H3,(H,24,26). The first kappa shape index (κ1) is 22.2. The molecule has 30 heavy (non-hydrogen) atoms. The lowest BCUT2D eigenvalue weighted by Crippen LogP contribution is -2.31. The van der Waals surface area contributed by atoms with Gasteiger partial charge in [0.2, 0.25) is 5.91 Å². The predicted molar refractivity (Wildman–Crippen MR) is 121 cm³/mol. The van der Waals surface area contributed by atoms with Crippen LogP contribution < -0.4 is 5.32 Å². The van der Waals surface area contributed by atoms with Crippen LogP contribution >= 0.6 is 11.3 Å². The summed E-state index contributed by atoms with van der Waals surface area (Å²) in [5.41, 5.74) is 2.19. The van der Waals surface area contributed by atoms with Crippen LogP contribution in [0, 0.1) is 0 Å². The van der Waals surface area contributed by atoms with Gasteiger partial charge in [0, 0.05) is 20.0 Å². The quantitative estimate of drug-likeness (QED) is 0.510. The van der Waals surface area contributed by atoms with E-state index in [4.69, 9.17) is 0 Å². The van der Waals surface area contributed by atoms with Crippen molar-refractivity contribution in [3.8, 4) is 0 Å². The summed E-state index contributed by atoms with van der Waals surface area (Å²) >= 11 is 1.20. The Morgan fingerprint density at radius 1 is 1.00 bits per heavy atom. The Hall–Kier alpha value is -2.48. The van der Waals surface area contributed by atoms with Crippen molar-refractivity contribution < 1.29 is 13.2 Å². The molecule has 2 aromatic carbocycles. The number of carbonyl (C=O) groups is 1. The molecule has 1 unspecified atom stereocenters. The number of hydrogen-bond donors (Lipinski definition) is 1. The molecule has 0 spiro atoms. The van der Waals surface area contributed by atoms with Gasteiger partial charge in [-0.25, -0.2) is 12.7 Å². The van der Waals surface area contributed by atoms with Crippen molar-refractivity contribution in [1.29, 1.82) is 0 Å². The van der Waals surface area contributed by atoms with E-state index in [0.717, 1.165) is 11.1 Å². The topological polar surface area (TPSA) is 66.5 Å². The Labute approximate surface area is 182 Å². The maximum absolute atomic E-state index is 12.6. The molecule has 0 bridgehead atoms. The van der Waals surface area contributed by atoms with Gasteiger partial charge in [0.1, 0.15) is 4.21 Å². The Balaban J connectivity index is 1.57. The van der Waals surface area contributed by atoms with E-state index < -0.39 is 10.0 Å². The van der Waals surface area contributed by atoms with Crippen LogP contribution in [0.15, 0.2) is 82.4 Å². The molecule has 0 saturated carbocycles. The molecule has 158 valence electrons. The zero-order valence-electron chi connectivity index (χ0n) is 16.9. The molecular weight excluding hydrogens is 416 g/mol. The molecule has 5 nitrogen and oxygen atoms in total. The molecule has 0 aliphatic heterocycles.